The third-order valence-corrected chi connectivity index (χ3v) is 4.90. The van der Waals surface area contributed by atoms with E-state index in [0.29, 0.717) is 17.0 Å². The lowest BCUT2D eigenvalue weighted by molar-refractivity contribution is -0.137. The minimum atomic E-state index is -4.36. The Morgan fingerprint density at radius 2 is 1.88 bits per heavy atom. The number of halogens is 3. The molecular weight excluding hydrogens is 343 g/mol. The van der Waals surface area contributed by atoms with Crippen molar-refractivity contribution in [2.24, 2.45) is 5.92 Å². The second-order valence-electron chi connectivity index (χ2n) is 6.99. The van der Waals surface area contributed by atoms with E-state index in [2.05, 4.69) is 15.1 Å². The first-order chi connectivity index (χ1) is 12.3. The Morgan fingerprint density at radius 3 is 2.46 bits per heavy atom. The Bertz CT molecular complexity index is 762. The van der Waals surface area contributed by atoms with Crippen molar-refractivity contribution in [1.29, 1.82) is 0 Å². The quantitative estimate of drug-likeness (QED) is 0.898. The van der Waals surface area contributed by atoms with E-state index in [4.69, 9.17) is 0 Å². The average molecular weight is 365 g/mol. The van der Waals surface area contributed by atoms with Crippen molar-refractivity contribution in [1.82, 2.24) is 15.1 Å². The third kappa shape index (κ3) is 4.04. The van der Waals surface area contributed by atoms with E-state index in [-0.39, 0.29) is 5.92 Å². The fourth-order valence-corrected chi connectivity index (χ4v) is 3.46. The van der Waals surface area contributed by atoms with E-state index >= 15 is 0 Å². The van der Waals surface area contributed by atoms with Crippen molar-refractivity contribution in [3.63, 3.8) is 0 Å². The molecule has 7 heteroatoms. The van der Waals surface area contributed by atoms with Crippen LogP contribution in [-0.2, 0) is 6.18 Å². The molecule has 1 aliphatic heterocycles. The van der Waals surface area contributed by atoms with Crippen LogP contribution in [0.4, 0.5) is 13.2 Å². The predicted molar refractivity (Wildman–Crippen MR) is 92.4 cm³/mol. The Morgan fingerprint density at radius 1 is 1.19 bits per heavy atom. The van der Waals surface area contributed by atoms with Gasteiger partial charge in [-0.3, -0.25) is 0 Å². The first-order valence-corrected chi connectivity index (χ1v) is 8.64. The van der Waals surface area contributed by atoms with E-state index in [0.717, 1.165) is 43.6 Å². The largest absolute Gasteiger partial charge is 0.416 e. The van der Waals surface area contributed by atoms with Gasteiger partial charge >= 0.3 is 6.18 Å². The Labute approximate surface area is 150 Å². The number of hydrogen-bond acceptors (Lipinski definition) is 4. The van der Waals surface area contributed by atoms with Crippen LogP contribution in [0.15, 0.2) is 30.3 Å². The maximum absolute atomic E-state index is 12.7. The van der Waals surface area contributed by atoms with Crippen LogP contribution in [0.5, 0.6) is 0 Å². The van der Waals surface area contributed by atoms with Crippen molar-refractivity contribution in [3.05, 3.63) is 47.2 Å². The van der Waals surface area contributed by atoms with Crippen LogP contribution >= 0.6 is 0 Å². The summed E-state index contributed by atoms with van der Waals surface area (Å²) in [6.07, 6.45) is -3.08. The number of alkyl halides is 3. The topological polar surface area (TPSA) is 49.2 Å². The zero-order valence-electron chi connectivity index (χ0n) is 14.8. The smallest absolute Gasteiger partial charge is 0.386 e. The van der Waals surface area contributed by atoms with E-state index in [1.54, 1.807) is 6.07 Å². The Balaban J connectivity index is 1.81. The van der Waals surface area contributed by atoms with Gasteiger partial charge in [0.2, 0.25) is 0 Å². The van der Waals surface area contributed by atoms with Gasteiger partial charge in [0.25, 0.3) is 0 Å². The summed E-state index contributed by atoms with van der Waals surface area (Å²) in [6.45, 7) is 3.66. The minimum absolute atomic E-state index is 0.111. The van der Waals surface area contributed by atoms with Gasteiger partial charge in [-0.25, -0.2) is 0 Å². The monoisotopic (exact) mass is 365 g/mol. The summed E-state index contributed by atoms with van der Waals surface area (Å²) in [5.74, 6) is 0.111. The van der Waals surface area contributed by atoms with Gasteiger partial charge in [-0.2, -0.15) is 18.3 Å². The van der Waals surface area contributed by atoms with Crippen LogP contribution in [-0.4, -0.2) is 40.3 Å². The number of aliphatic hydroxyl groups is 1. The molecule has 0 unspecified atom stereocenters. The van der Waals surface area contributed by atoms with Crippen molar-refractivity contribution >= 4 is 0 Å². The highest BCUT2D eigenvalue weighted by atomic mass is 19.4. The summed E-state index contributed by atoms with van der Waals surface area (Å²) in [6, 6.07) is 6.64. The fraction of sp³-hybridized carbons (Fsp3) is 0.474. The summed E-state index contributed by atoms with van der Waals surface area (Å²) >= 11 is 0. The molecule has 1 fully saturated rings. The zero-order valence-corrected chi connectivity index (χ0v) is 14.8. The molecule has 26 heavy (non-hydrogen) atoms. The molecule has 0 amide bonds. The van der Waals surface area contributed by atoms with Crippen LogP contribution < -0.4 is 0 Å². The van der Waals surface area contributed by atoms with Gasteiger partial charge in [0.05, 0.1) is 17.0 Å². The summed E-state index contributed by atoms with van der Waals surface area (Å²) < 4.78 is 38.1. The van der Waals surface area contributed by atoms with Gasteiger partial charge < -0.3 is 10.0 Å². The molecule has 2 heterocycles. The van der Waals surface area contributed by atoms with Crippen molar-refractivity contribution in [3.8, 4) is 11.3 Å². The molecule has 1 aromatic carbocycles. The number of hydrogen-bond donors (Lipinski definition) is 1. The van der Waals surface area contributed by atoms with Crippen LogP contribution in [0, 0.1) is 12.8 Å². The SMILES string of the molecule is Cc1cc([C@H](O)[C@@H]2CCCN(C)C2)nnc1-c1ccc(C(F)(F)F)cc1. The minimum Gasteiger partial charge on any atom is -0.386 e. The molecule has 1 N–H and O–H groups in total. The molecule has 3 rings (SSSR count). The number of aliphatic hydroxyl groups excluding tert-OH is 1. The summed E-state index contributed by atoms with van der Waals surface area (Å²) in [5.41, 5.74) is 1.69. The Kier molecular flexibility index (Phi) is 5.29. The maximum atomic E-state index is 12.7. The standard InChI is InChI=1S/C19H22F3N3O/c1-12-10-16(18(26)14-4-3-9-25(2)11-14)23-24-17(12)13-5-7-15(8-6-13)19(20,21)22/h5-8,10,14,18,26H,3-4,9,11H2,1-2H3/t14-,18-/m1/s1. The van der Waals surface area contributed by atoms with Gasteiger partial charge in [-0.15, -0.1) is 5.10 Å². The van der Waals surface area contributed by atoms with Gasteiger partial charge in [0.1, 0.15) is 6.10 Å². The van der Waals surface area contributed by atoms with Crippen LogP contribution in [0.3, 0.4) is 0 Å². The van der Waals surface area contributed by atoms with E-state index in [1.165, 1.54) is 12.1 Å². The molecule has 0 radical (unpaired) electrons. The normalized spacial score (nSPS) is 20.2. The highest BCUT2D eigenvalue weighted by molar-refractivity contribution is 5.62. The highest BCUT2D eigenvalue weighted by Crippen LogP contribution is 2.32. The second-order valence-corrected chi connectivity index (χ2v) is 6.99. The van der Waals surface area contributed by atoms with Crippen molar-refractivity contribution in [2.75, 3.05) is 20.1 Å². The molecule has 4 nitrogen and oxygen atoms in total. The molecule has 2 aromatic rings. The first kappa shape index (κ1) is 18.8. The lowest BCUT2D eigenvalue weighted by Crippen LogP contribution is -2.35. The molecule has 0 saturated carbocycles. The number of aromatic nitrogens is 2. The zero-order chi connectivity index (χ0) is 18.9. The number of nitrogens with zero attached hydrogens (tertiary/aromatic N) is 3. The number of likely N-dealkylation sites (tertiary alicyclic amines) is 1. The Hall–Kier alpha value is -1.99. The lowest BCUT2D eigenvalue weighted by Gasteiger charge is -2.32. The van der Waals surface area contributed by atoms with E-state index < -0.39 is 17.8 Å². The molecule has 1 aliphatic rings. The first-order valence-electron chi connectivity index (χ1n) is 8.64. The van der Waals surface area contributed by atoms with Gasteiger partial charge in [-0.1, -0.05) is 12.1 Å². The van der Waals surface area contributed by atoms with Gasteiger partial charge in [-0.05, 0) is 57.1 Å². The summed E-state index contributed by atoms with van der Waals surface area (Å²) in [5, 5.41) is 18.9. The van der Waals surface area contributed by atoms with Crippen LogP contribution in [0.2, 0.25) is 0 Å². The number of piperidine rings is 1. The van der Waals surface area contributed by atoms with Crippen LogP contribution in [0.1, 0.15) is 35.8 Å². The molecule has 1 aromatic heterocycles. The summed E-state index contributed by atoms with van der Waals surface area (Å²) in [7, 11) is 2.03. The number of rotatable bonds is 3. The van der Waals surface area contributed by atoms with E-state index in [9.17, 15) is 18.3 Å². The molecule has 0 bridgehead atoms. The predicted octanol–water partition coefficient (Wildman–Crippen LogP) is 3.85. The van der Waals surface area contributed by atoms with Gasteiger partial charge in [0.15, 0.2) is 0 Å². The van der Waals surface area contributed by atoms with E-state index in [1.807, 2.05) is 14.0 Å². The number of benzene rings is 1. The molecule has 2 atom stereocenters. The third-order valence-electron chi connectivity index (χ3n) is 4.90. The fourth-order valence-electron chi connectivity index (χ4n) is 3.46. The highest BCUT2D eigenvalue weighted by Gasteiger charge is 2.30. The second kappa shape index (κ2) is 7.32. The maximum Gasteiger partial charge on any atom is 0.416 e. The summed E-state index contributed by atoms with van der Waals surface area (Å²) in [4.78, 5) is 2.19. The molecule has 0 aliphatic carbocycles. The molecule has 1 saturated heterocycles. The van der Waals surface area contributed by atoms with Gasteiger partial charge in [0, 0.05) is 18.0 Å². The molecule has 140 valence electrons. The molecule has 0 spiro atoms. The number of aryl methyl sites for hydroxylation is 1. The average Bonchev–Trinajstić information content (AvgIpc) is 2.60. The van der Waals surface area contributed by atoms with Crippen molar-refractivity contribution in [2.45, 2.75) is 32.0 Å². The van der Waals surface area contributed by atoms with Crippen LogP contribution in [0.25, 0.3) is 11.3 Å². The lowest BCUT2D eigenvalue weighted by atomic mass is 9.90. The molecular formula is C19H22F3N3O. The van der Waals surface area contributed by atoms with Crippen molar-refractivity contribution < 1.29 is 18.3 Å².